The van der Waals surface area contributed by atoms with Crippen LogP contribution in [0.2, 0.25) is 0 Å². The van der Waals surface area contributed by atoms with Crippen molar-refractivity contribution in [3.63, 3.8) is 0 Å². The molecule has 0 atom stereocenters. The van der Waals surface area contributed by atoms with Crippen molar-refractivity contribution in [2.75, 3.05) is 18.4 Å². The number of halogens is 2. The van der Waals surface area contributed by atoms with Gasteiger partial charge in [-0.05, 0) is 39.8 Å². The van der Waals surface area contributed by atoms with Crippen LogP contribution in [-0.2, 0) is 9.53 Å². The number of hydrogen-bond donors (Lipinski definition) is 2. The molecule has 1 amide bonds. The van der Waals surface area contributed by atoms with E-state index < -0.39 is 0 Å². The smallest absolute Gasteiger partial charge is 0.870 e. The van der Waals surface area contributed by atoms with E-state index in [2.05, 4.69) is 22.1 Å². The fraction of sp³-hybridized carbons (Fsp3) is 0.529. The van der Waals surface area contributed by atoms with E-state index >= 15 is 0 Å². The van der Waals surface area contributed by atoms with Crippen molar-refractivity contribution in [2.24, 2.45) is 0 Å². The Kier molecular flexibility index (Phi) is 28.3. The number of aryl methyl sites for hydroxylation is 1. The van der Waals surface area contributed by atoms with Crippen molar-refractivity contribution in [1.29, 1.82) is 0 Å². The molecule has 0 radical (unpaired) electrons. The number of aromatic amines is 1. The Morgan fingerprint density at radius 3 is 1.96 bits per heavy atom. The minimum atomic E-state index is -0.291. The summed E-state index contributed by atoms with van der Waals surface area (Å²) in [6.07, 6.45) is 0. The Bertz CT molecular complexity index is 532. The molecule has 26 heavy (non-hydrogen) atoms. The number of nitrogens with one attached hydrogen (secondary N) is 2. The van der Waals surface area contributed by atoms with Gasteiger partial charge in [0.25, 0.3) is 0 Å². The van der Waals surface area contributed by atoms with Crippen molar-refractivity contribution in [1.82, 2.24) is 10.3 Å². The van der Waals surface area contributed by atoms with Gasteiger partial charge in [-0.25, -0.2) is 4.79 Å². The van der Waals surface area contributed by atoms with Crippen LogP contribution < -0.4 is 34.9 Å². The standard InChI is InChI=1S/C8H11NO2.C5H11NO.C4H4Cl2.Na.H2O/c1-3-11-8(10)7-5-4-6(2)9-7;1-4(2)6-5(3)7;5-3-1-2-4-6;;/h4-5,9H,3H2,1-2H3;4H,1-3H3,(H,6,7);3-4H2;;1H2/q;;;+1;/p-1. The summed E-state index contributed by atoms with van der Waals surface area (Å²) in [4.78, 5) is 24.0. The van der Waals surface area contributed by atoms with Gasteiger partial charge in [0, 0.05) is 18.7 Å². The zero-order valence-corrected chi connectivity index (χ0v) is 19.8. The second-order valence-corrected chi connectivity index (χ2v) is 5.29. The number of carbonyl (C=O) groups excluding carboxylic acids is 2. The van der Waals surface area contributed by atoms with Crippen molar-refractivity contribution in [3.8, 4) is 11.8 Å². The molecule has 0 fully saturated rings. The van der Waals surface area contributed by atoms with E-state index in [0.29, 0.717) is 24.1 Å². The summed E-state index contributed by atoms with van der Waals surface area (Å²) < 4.78 is 4.77. The summed E-state index contributed by atoms with van der Waals surface area (Å²) in [5.41, 5.74) is 1.48. The predicted octanol–water partition coefficient (Wildman–Crippen LogP) is 0.325. The molecular weight excluding hydrogens is 390 g/mol. The van der Waals surface area contributed by atoms with E-state index in [9.17, 15) is 9.59 Å². The van der Waals surface area contributed by atoms with Gasteiger partial charge in [-0.1, -0.05) is 11.8 Å². The van der Waals surface area contributed by atoms with Crippen molar-refractivity contribution in [2.45, 2.75) is 40.7 Å². The molecule has 1 aromatic rings. The average molecular weight is 417 g/mol. The first-order chi connectivity index (χ1) is 11.3. The largest absolute Gasteiger partial charge is 1.00 e. The maximum atomic E-state index is 11.0. The fourth-order valence-electron chi connectivity index (χ4n) is 1.33. The molecule has 0 unspecified atom stereocenters. The van der Waals surface area contributed by atoms with Crippen LogP contribution in [0.3, 0.4) is 0 Å². The number of hydrogen-bond acceptors (Lipinski definition) is 4. The number of amides is 1. The van der Waals surface area contributed by atoms with Crippen molar-refractivity contribution < 1.29 is 49.4 Å². The Morgan fingerprint density at radius 2 is 1.73 bits per heavy atom. The zero-order valence-electron chi connectivity index (χ0n) is 16.3. The normalized spacial score (nSPS) is 8.00. The van der Waals surface area contributed by atoms with Crippen LogP contribution >= 0.6 is 23.2 Å². The Morgan fingerprint density at radius 1 is 1.23 bits per heavy atom. The summed E-state index contributed by atoms with van der Waals surface area (Å²) in [6, 6.07) is 3.83. The van der Waals surface area contributed by atoms with Crippen molar-refractivity contribution >= 4 is 35.1 Å². The van der Waals surface area contributed by atoms with Gasteiger partial charge in [0.05, 0.1) is 18.4 Å². The topological polar surface area (TPSA) is 101 Å². The third kappa shape index (κ3) is 23.3. The number of H-pyrrole nitrogens is 1. The first-order valence-corrected chi connectivity index (χ1v) is 8.52. The maximum absolute atomic E-state index is 11.0. The molecule has 144 valence electrons. The maximum Gasteiger partial charge on any atom is 1.00 e. The van der Waals surface area contributed by atoms with Gasteiger partial charge in [-0.3, -0.25) is 4.79 Å². The van der Waals surface area contributed by atoms with E-state index in [0.717, 1.165) is 5.69 Å². The van der Waals surface area contributed by atoms with Crippen molar-refractivity contribution in [3.05, 3.63) is 23.5 Å². The quantitative estimate of drug-likeness (QED) is 0.320. The molecule has 9 heteroatoms. The third-order valence-corrected chi connectivity index (χ3v) is 2.35. The molecule has 0 aliphatic rings. The number of carbonyl (C=O) groups is 2. The summed E-state index contributed by atoms with van der Waals surface area (Å²) in [5.74, 6) is 5.67. The minimum Gasteiger partial charge on any atom is -0.870 e. The van der Waals surface area contributed by atoms with Gasteiger partial charge in [0.1, 0.15) is 5.69 Å². The number of esters is 1. The SMILES string of the molecule is CC(=O)NC(C)C.CCOC(=O)c1ccc(C)[nH]1.ClCC#CCCl.[Na+].[OH-]. The molecule has 0 spiro atoms. The zero-order chi connectivity index (χ0) is 19.0. The molecule has 0 aliphatic carbocycles. The number of alkyl halides is 2. The van der Waals surface area contributed by atoms with E-state index in [4.69, 9.17) is 27.9 Å². The summed E-state index contributed by atoms with van der Waals surface area (Å²) in [7, 11) is 0. The molecular formula is C17H27Cl2N2NaO4. The fourth-order valence-corrected chi connectivity index (χ4v) is 1.52. The monoisotopic (exact) mass is 416 g/mol. The number of aromatic nitrogens is 1. The molecule has 0 saturated heterocycles. The Balaban J connectivity index is -0.000000143. The first-order valence-electron chi connectivity index (χ1n) is 7.45. The van der Waals surface area contributed by atoms with Crippen LogP contribution in [0, 0.1) is 18.8 Å². The predicted molar refractivity (Wildman–Crippen MR) is 102 cm³/mol. The summed E-state index contributed by atoms with van der Waals surface area (Å²) >= 11 is 10.3. The molecule has 1 heterocycles. The molecule has 1 rings (SSSR count). The van der Waals surface area contributed by atoms with Gasteiger partial charge in [-0.2, -0.15) is 0 Å². The van der Waals surface area contributed by atoms with E-state index in [1.54, 1.807) is 13.0 Å². The second kappa shape index (κ2) is 22.4. The average Bonchev–Trinajstić information content (AvgIpc) is 2.92. The second-order valence-electron chi connectivity index (χ2n) is 4.75. The molecule has 0 saturated carbocycles. The van der Waals surface area contributed by atoms with Crippen LogP contribution in [0.25, 0.3) is 0 Å². The Hall–Kier alpha value is -0.680. The molecule has 6 nitrogen and oxygen atoms in total. The number of rotatable bonds is 3. The van der Waals surface area contributed by atoms with Crippen LogP contribution in [0.1, 0.15) is 43.9 Å². The number of ether oxygens (including phenoxy) is 1. The third-order valence-electron chi connectivity index (χ3n) is 2.08. The van der Waals surface area contributed by atoms with Gasteiger partial charge >= 0.3 is 35.5 Å². The van der Waals surface area contributed by atoms with Crippen LogP contribution in [0.4, 0.5) is 0 Å². The molecule has 1 aromatic heterocycles. The Labute approximate surface area is 188 Å². The van der Waals surface area contributed by atoms with Gasteiger partial charge in [0.15, 0.2) is 0 Å². The minimum absolute atomic E-state index is 0. The summed E-state index contributed by atoms with van der Waals surface area (Å²) in [6.45, 7) is 9.47. The van der Waals surface area contributed by atoms with E-state index in [-0.39, 0.29) is 53.0 Å². The molecule has 3 N–H and O–H groups in total. The van der Waals surface area contributed by atoms with E-state index in [1.807, 2.05) is 26.8 Å². The van der Waals surface area contributed by atoms with Gasteiger partial charge < -0.3 is 20.5 Å². The molecule has 0 bridgehead atoms. The van der Waals surface area contributed by atoms with E-state index in [1.165, 1.54) is 6.92 Å². The molecule has 0 aromatic carbocycles. The van der Waals surface area contributed by atoms with Crippen LogP contribution in [-0.4, -0.2) is 46.7 Å². The van der Waals surface area contributed by atoms with Crippen LogP contribution in [0.5, 0.6) is 0 Å². The first kappa shape index (κ1) is 32.9. The van der Waals surface area contributed by atoms with Gasteiger partial charge in [-0.15, -0.1) is 23.2 Å². The summed E-state index contributed by atoms with van der Waals surface area (Å²) in [5, 5.41) is 2.67. The van der Waals surface area contributed by atoms with Crippen LogP contribution in [0.15, 0.2) is 12.1 Å². The molecule has 0 aliphatic heterocycles. The van der Waals surface area contributed by atoms with Gasteiger partial charge in [0.2, 0.25) is 5.91 Å².